The third kappa shape index (κ3) is 3.39. The van der Waals surface area contributed by atoms with Gasteiger partial charge >= 0.3 is 0 Å². The zero-order valence-electron chi connectivity index (χ0n) is 10.3. The first-order chi connectivity index (χ1) is 8.46. The lowest BCUT2D eigenvalue weighted by Crippen LogP contribution is -2.35. The van der Waals surface area contributed by atoms with Crippen molar-refractivity contribution in [3.63, 3.8) is 0 Å². The van der Waals surface area contributed by atoms with Crippen LogP contribution < -0.4 is 10.9 Å². The van der Waals surface area contributed by atoms with Crippen molar-refractivity contribution < 1.29 is 8.42 Å². The minimum Gasteiger partial charge on any atom is -0.311 e. The Hall–Kier alpha value is -1.21. The number of sulfone groups is 1. The van der Waals surface area contributed by atoms with Crippen molar-refractivity contribution in [3.05, 3.63) is 28.2 Å². The van der Waals surface area contributed by atoms with Gasteiger partial charge in [-0.15, -0.1) is 0 Å². The van der Waals surface area contributed by atoms with Gasteiger partial charge in [0.25, 0.3) is 5.56 Å². The lowest BCUT2D eigenvalue weighted by Gasteiger charge is -2.10. The zero-order valence-corrected chi connectivity index (χ0v) is 11.1. The Labute approximate surface area is 106 Å². The van der Waals surface area contributed by atoms with Crippen molar-refractivity contribution in [2.75, 3.05) is 18.1 Å². The Morgan fingerprint density at radius 3 is 2.94 bits per heavy atom. The van der Waals surface area contributed by atoms with Gasteiger partial charge in [0, 0.05) is 18.7 Å². The maximum absolute atomic E-state index is 11.5. The van der Waals surface area contributed by atoms with Gasteiger partial charge in [-0.3, -0.25) is 4.79 Å². The van der Waals surface area contributed by atoms with Crippen LogP contribution >= 0.6 is 0 Å². The molecule has 0 amide bonds. The largest absolute Gasteiger partial charge is 0.311 e. The molecule has 0 saturated carbocycles. The van der Waals surface area contributed by atoms with Crippen molar-refractivity contribution in [2.45, 2.75) is 25.9 Å². The molecule has 1 aromatic heterocycles. The number of nitrogens with zero attached hydrogens (tertiary/aromatic N) is 2. The van der Waals surface area contributed by atoms with Crippen LogP contribution in [0.3, 0.4) is 0 Å². The highest BCUT2D eigenvalue weighted by molar-refractivity contribution is 7.91. The van der Waals surface area contributed by atoms with E-state index in [1.165, 1.54) is 10.7 Å². The van der Waals surface area contributed by atoms with Gasteiger partial charge in [0.05, 0.1) is 24.2 Å². The molecule has 1 aliphatic heterocycles. The van der Waals surface area contributed by atoms with Crippen molar-refractivity contribution in [2.24, 2.45) is 0 Å². The van der Waals surface area contributed by atoms with Crippen LogP contribution in [0.4, 0.5) is 0 Å². The summed E-state index contributed by atoms with van der Waals surface area (Å²) in [7, 11) is -2.85. The quantitative estimate of drug-likeness (QED) is 0.785. The van der Waals surface area contributed by atoms with Crippen LogP contribution in [0.2, 0.25) is 0 Å². The van der Waals surface area contributed by atoms with E-state index in [2.05, 4.69) is 10.4 Å². The number of hydrogen-bond donors (Lipinski definition) is 1. The molecule has 0 aliphatic carbocycles. The molecule has 1 fully saturated rings. The second kappa shape index (κ2) is 5.19. The van der Waals surface area contributed by atoms with Gasteiger partial charge in [0.1, 0.15) is 0 Å². The minimum atomic E-state index is -2.85. The summed E-state index contributed by atoms with van der Waals surface area (Å²) in [5, 5.41) is 7.17. The summed E-state index contributed by atoms with van der Waals surface area (Å²) in [6.45, 7) is 2.83. The average Bonchev–Trinajstić information content (AvgIpc) is 2.61. The van der Waals surface area contributed by atoms with Crippen LogP contribution in [0.25, 0.3) is 0 Å². The molecule has 0 radical (unpaired) electrons. The van der Waals surface area contributed by atoms with E-state index >= 15 is 0 Å². The molecule has 100 valence electrons. The van der Waals surface area contributed by atoms with Crippen molar-refractivity contribution in [1.82, 2.24) is 15.1 Å². The summed E-state index contributed by atoms with van der Waals surface area (Å²) in [4.78, 5) is 11.5. The second-order valence-corrected chi connectivity index (χ2v) is 6.88. The van der Waals surface area contributed by atoms with Crippen molar-refractivity contribution >= 4 is 9.84 Å². The molecule has 0 bridgehead atoms. The van der Waals surface area contributed by atoms with Crippen LogP contribution in [0.5, 0.6) is 0 Å². The molecule has 1 aromatic rings. The molecule has 6 nitrogen and oxygen atoms in total. The summed E-state index contributed by atoms with van der Waals surface area (Å²) >= 11 is 0. The Bertz CT molecular complexity index is 579. The molecule has 1 N–H and O–H groups in total. The number of rotatable bonds is 4. The summed E-state index contributed by atoms with van der Waals surface area (Å²) in [6, 6.07) is 1.55. The fourth-order valence-electron chi connectivity index (χ4n) is 2.02. The van der Waals surface area contributed by atoms with E-state index in [1.807, 2.05) is 6.92 Å². The van der Waals surface area contributed by atoms with Crippen LogP contribution in [-0.4, -0.2) is 42.3 Å². The smallest absolute Gasteiger partial charge is 0.267 e. The maximum Gasteiger partial charge on any atom is 0.267 e. The Balaban J connectivity index is 1.84. The van der Waals surface area contributed by atoms with Gasteiger partial charge in [0.2, 0.25) is 0 Å². The molecule has 2 rings (SSSR count). The molecule has 1 unspecified atom stereocenters. The first kappa shape index (κ1) is 13.2. The predicted molar refractivity (Wildman–Crippen MR) is 68.3 cm³/mol. The third-order valence-corrected chi connectivity index (χ3v) is 4.76. The molecule has 1 saturated heterocycles. The van der Waals surface area contributed by atoms with E-state index < -0.39 is 9.84 Å². The first-order valence-corrected chi connectivity index (χ1v) is 7.76. The molecule has 0 spiro atoms. The SMILES string of the molecule is Cc1cnn(CCNC2CCS(=O)(=O)C2)c(=O)c1. The van der Waals surface area contributed by atoms with Crippen molar-refractivity contribution in [3.8, 4) is 0 Å². The van der Waals surface area contributed by atoms with E-state index in [0.717, 1.165) is 5.56 Å². The van der Waals surface area contributed by atoms with E-state index in [-0.39, 0.29) is 23.1 Å². The minimum absolute atomic E-state index is 0.0103. The highest BCUT2D eigenvalue weighted by Gasteiger charge is 2.26. The molecule has 7 heteroatoms. The normalized spacial score (nSPS) is 22.2. The Morgan fingerprint density at radius 1 is 1.56 bits per heavy atom. The average molecular weight is 271 g/mol. The van der Waals surface area contributed by atoms with E-state index in [1.54, 1.807) is 6.20 Å². The third-order valence-electron chi connectivity index (χ3n) is 3.00. The Kier molecular flexibility index (Phi) is 3.82. The number of aryl methyl sites for hydroxylation is 1. The number of nitrogens with one attached hydrogen (secondary N) is 1. The number of hydrogen-bond acceptors (Lipinski definition) is 5. The van der Waals surface area contributed by atoms with Crippen molar-refractivity contribution in [1.29, 1.82) is 0 Å². The molecule has 1 aliphatic rings. The summed E-state index contributed by atoms with van der Waals surface area (Å²) in [6.07, 6.45) is 2.29. The summed E-state index contributed by atoms with van der Waals surface area (Å²) < 4.78 is 23.9. The highest BCUT2D eigenvalue weighted by Crippen LogP contribution is 2.10. The number of aromatic nitrogens is 2. The van der Waals surface area contributed by atoms with Crippen LogP contribution in [0.1, 0.15) is 12.0 Å². The van der Waals surface area contributed by atoms with Gasteiger partial charge < -0.3 is 5.32 Å². The molecule has 2 heterocycles. The van der Waals surface area contributed by atoms with Crippen LogP contribution in [-0.2, 0) is 16.4 Å². The standard InChI is InChI=1S/C11H17N3O3S/c1-9-6-11(15)14(13-7-9)4-3-12-10-2-5-18(16,17)8-10/h6-7,10,12H,2-5,8H2,1H3. The first-order valence-electron chi connectivity index (χ1n) is 5.94. The summed E-state index contributed by atoms with van der Waals surface area (Å²) in [5.74, 6) is 0.455. The van der Waals surface area contributed by atoms with Crippen LogP contribution in [0, 0.1) is 6.92 Å². The molecule has 1 atom stereocenters. The van der Waals surface area contributed by atoms with Gasteiger partial charge in [-0.25, -0.2) is 13.1 Å². The van der Waals surface area contributed by atoms with Gasteiger partial charge in [-0.2, -0.15) is 5.10 Å². The topological polar surface area (TPSA) is 81.1 Å². The predicted octanol–water partition coefficient (Wildman–Crippen LogP) is -0.672. The zero-order chi connectivity index (χ0) is 13.2. The van der Waals surface area contributed by atoms with E-state index in [0.29, 0.717) is 19.5 Å². The fourth-order valence-corrected chi connectivity index (χ4v) is 3.73. The van der Waals surface area contributed by atoms with E-state index in [9.17, 15) is 13.2 Å². The monoisotopic (exact) mass is 271 g/mol. The Morgan fingerprint density at radius 2 is 2.33 bits per heavy atom. The van der Waals surface area contributed by atoms with Gasteiger partial charge in [-0.1, -0.05) is 0 Å². The maximum atomic E-state index is 11.5. The molecular weight excluding hydrogens is 254 g/mol. The lowest BCUT2D eigenvalue weighted by molar-refractivity contribution is 0.486. The highest BCUT2D eigenvalue weighted by atomic mass is 32.2. The van der Waals surface area contributed by atoms with Gasteiger partial charge in [0.15, 0.2) is 9.84 Å². The molecule has 0 aromatic carbocycles. The molecular formula is C11H17N3O3S. The molecule has 18 heavy (non-hydrogen) atoms. The lowest BCUT2D eigenvalue weighted by atomic mass is 10.2. The second-order valence-electron chi connectivity index (χ2n) is 4.65. The fraction of sp³-hybridized carbons (Fsp3) is 0.636. The van der Waals surface area contributed by atoms with Gasteiger partial charge in [-0.05, 0) is 18.9 Å². The van der Waals surface area contributed by atoms with Crippen LogP contribution in [0.15, 0.2) is 17.1 Å². The van der Waals surface area contributed by atoms with E-state index in [4.69, 9.17) is 0 Å². The summed E-state index contributed by atoms with van der Waals surface area (Å²) in [5.41, 5.74) is 0.710.